The highest BCUT2D eigenvalue weighted by Gasteiger charge is 2.26. The standard InChI is InChI=1S/C32H22N6O2/c1-37-18-35-28-26-22(19-10-4-2-5-11-19)17-24(23-16-20-12-8-9-15-25(20)40-30(23)34)38(21-13-6-3-7-14-21)31(26)36-32(39)27(28)29(37)33/h2-18,33-34H,1H3. The molecule has 40 heavy (non-hydrogen) atoms. The van der Waals surface area contributed by atoms with Gasteiger partial charge < -0.3 is 8.98 Å². The van der Waals surface area contributed by atoms with Crippen molar-refractivity contribution in [2.45, 2.75) is 0 Å². The predicted molar refractivity (Wildman–Crippen MR) is 153 cm³/mol. The molecule has 0 saturated heterocycles. The molecule has 0 fully saturated rings. The molecule has 7 rings (SSSR count). The van der Waals surface area contributed by atoms with Crippen LogP contribution in [0.2, 0.25) is 0 Å². The molecule has 2 aromatic heterocycles. The first-order chi connectivity index (χ1) is 19.5. The lowest BCUT2D eigenvalue weighted by Gasteiger charge is -2.24. The van der Waals surface area contributed by atoms with E-state index in [0.29, 0.717) is 33.7 Å². The summed E-state index contributed by atoms with van der Waals surface area (Å²) in [7, 11) is 1.68. The SMILES string of the molecule is Cn1cnc2c3c(-c4ccccc4)cc(-c4cc5ccccc5oc4=N)n(-c4ccccc4)c-3nc(=O)c2c1=N. The van der Waals surface area contributed by atoms with E-state index in [1.807, 2.05) is 102 Å². The number of hydrogen-bond donors (Lipinski definition) is 2. The minimum Gasteiger partial charge on any atom is -0.438 e. The predicted octanol–water partition coefficient (Wildman–Crippen LogP) is 5.26. The zero-order chi connectivity index (χ0) is 27.4. The molecule has 0 aliphatic carbocycles. The summed E-state index contributed by atoms with van der Waals surface area (Å²) in [4.78, 5) is 22.8. The van der Waals surface area contributed by atoms with Crippen LogP contribution in [0.5, 0.6) is 0 Å². The van der Waals surface area contributed by atoms with E-state index in [9.17, 15) is 4.79 Å². The third kappa shape index (κ3) is 3.58. The second-order valence-corrected chi connectivity index (χ2v) is 9.55. The molecule has 2 aliphatic heterocycles. The van der Waals surface area contributed by atoms with E-state index in [1.54, 1.807) is 13.4 Å². The van der Waals surface area contributed by atoms with Crippen molar-refractivity contribution in [1.29, 1.82) is 10.8 Å². The van der Waals surface area contributed by atoms with Crippen LogP contribution in [0.3, 0.4) is 0 Å². The minimum atomic E-state index is -0.536. The first kappa shape index (κ1) is 23.5. The molecule has 8 heteroatoms. The summed E-state index contributed by atoms with van der Waals surface area (Å²) in [5.74, 6) is 0.383. The largest absolute Gasteiger partial charge is 0.438 e. The summed E-state index contributed by atoms with van der Waals surface area (Å²) in [5.41, 5.74) is 4.77. The Kier molecular flexibility index (Phi) is 5.28. The average molecular weight is 523 g/mol. The van der Waals surface area contributed by atoms with Crippen molar-refractivity contribution < 1.29 is 4.42 Å². The van der Waals surface area contributed by atoms with Gasteiger partial charge in [-0.2, -0.15) is 4.98 Å². The third-order valence-electron chi connectivity index (χ3n) is 7.12. The molecular formula is C32H22N6O2. The topological polar surface area (TPSA) is 114 Å². The lowest BCUT2D eigenvalue weighted by atomic mass is 9.94. The summed E-state index contributed by atoms with van der Waals surface area (Å²) in [5, 5.41) is 18.5. The number of benzene rings is 3. The molecule has 0 spiro atoms. The highest BCUT2D eigenvalue weighted by Crippen LogP contribution is 2.40. The van der Waals surface area contributed by atoms with Crippen molar-refractivity contribution >= 4 is 21.9 Å². The molecule has 0 atom stereocenters. The fraction of sp³-hybridized carbons (Fsp3) is 0.0312. The number of pyridine rings is 2. The molecule has 3 aromatic carbocycles. The van der Waals surface area contributed by atoms with Gasteiger partial charge in [0.25, 0.3) is 5.56 Å². The van der Waals surface area contributed by atoms with E-state index in [2.05, 4.69) is 9.97 Å². The fourth-order valence-electron chi connectivity index (χ4n) is 5.21. The van der Waals surface area contributed by atoms with Gasteiger partial charge in [-0.05, 0) is 41.5 Å². The molecule has 0 amide bonds. The van der Waals surface area contributed by atoms with Crippen molar-refractivity contribution in [2.24, 2.45) is 7.05 Å². The number of para-hydroxylation sites is 2. The lowest BCUT2D eigenvalue weighted by molar-refractivity contribution is 0.535. The van der Waals surface area contributed by atoms with Gasteiger partial charge in [0.05, 0.1) is 28.7 Å². The van der Waals surface area contributed by atoms with Crippen molar-refractivity contribution in [3.63, 3.8) is 0 Å². The van der Waals surface area contributed by atoms with E-state index in [0.717, 1.165) is 22.2 Å². The Morgan fingerprint density at radius 1 is 0.825 bits per heavy atom. The van der Waals surface area contributed by atoms with E-state index >= 15 is 0 Å². The summed E-state index contributed by atoms with van der Waals surface area (Å²) >= 11 is 0. The smallest absolute Gasteiger partial charge is 0.284 e. The first-order valence-electron chi connectivity index (χ1n) is 12.7. The number of fused-ring (bicyclic) bond motifs is 4. The molecule has 0 radical (unpaired) electrons. The Morgan fingerprint density at radius 3 is 2.30 bits per heavy atom. The quantitative estimate of drug-likeness (QED) is 0.308. The van der Waals surface area contributed by atoms with Crippen molar-refractivity contribution in [3.05, 3.63) is 125 Å². The van der Waals surface area contributed by atoms with Gasteiger partial charge in [-0.3, -0.25) is 20.2 Å². The van der Waals surface area contributed by atoms with Gasteiger partial charge >= 0.3 is 0 Å². The number of aromatic nitrogens is 4. The molecule has 4 heterocycles. The lowest BCUT2D eigenvalue weighted by Crippen LogP contribution is -2.27. The summed E-state index contributed by atoms with van der Waals surface area (Å²) in [6.45, 7) is 0. The monoisotopic (exact) mass is 522 g/mol. The van der Waals surface area contributed by atoms with Gasteiger partial charge in [-0.1, -0.05) is 66.7 Å². The Balaban J connectivity index is 1.74. The van der Waals surface area contributed by atoms with Crippen LogP contribution >= 0.6 is 0 Å². The maximum Gasteiger partial charge on any atom is 0.284 e. The number of hydrogen-bond acceptors (Lipinski definition) is 6. The maximum absolute atomic E-state index is 13.5. The average Bonchev–Trinajstić information content (AvgIpc) is 2.98. The van der Waals surface area contributed by atoms with Crippen LogP contribution in [0.1, 0.15) is 0 Å². The van der Waals surface area contributed by atoms with Gasteiger partial charge in [-0.15, -0.1) is 0 Å². The fourth-order valence-corrected chi connectivity index (χ4v) is 5.21. The molecular weight excluding hydrogens is 500 g/mol. The Hall–Kier alpha value is -5.63. The van der Waals surface area contributed by atoms with Crippen molar-refractivity contribution in [3.8, 4) is 39.5 Å². The van der Waals surface area contributed by atoms with E-state index in [-0.39, 0.29) is 16.4 Å². The molecule has 0 bridgehead atoms. The van der Waals surface area contributed by atoms with Crippen LogP contribution in [-0.2, 0) is 7.05 Å². The van der Waals surface area contributed by atoms with E-state index in [4.69, 9.17) is 15.2 Å². The minimum absolute atomic E-state index is 0.0107. The first-order valence-corrected chi connectivity index (χ1v) is 12.7. The summed E-state index contributed by atoms with van der Waals surface area (Å²) < 4.78 is 9.33. The van der Waals surface area contributed by atoms with E-state index in [1.165, 1.54) is 4.57 Å². The van der Waals surface area contributed by atoms with Crippen LogP contribution in [0, 0.1) is 10.8 Å². The van der Waals surface area contributed by atoms with Crippen molar-refractivity contribution in [1.82, 2.24) is 19.1 Å². The molecule has 8 nitrogen and oxygen atoms in total. The summed E-state index contributed by atoms with van der Waals surface area (Å²) in [6, 6.07) is 30.9. The van der Waals surface area contributed by atoms with Crippen LogP contribution in [0.15, 0.2) is 113 Å². The Bertz CT molecular complexity index is 2230. The number of nitrogens with zero attached hydrogens (tertiary/aromatic N) is 4. The van der Waals surface area contributed by atoms with Crippen LogP contribution in [0.4, 0.5) is 0 Å². The van der Waals surface area contributed by atoms with Crippen LogP contribution < -0.4 is 16.6 Å². The van der Waals surface area contributed by atoms with Crippen LogP contribution in [0.25, 0.3) is 61.3 Å². The molecule has 5 aromatic rings. The Labute approximate surface area is 227 Å². The molecule has 192 valence electrons. The number of rotatable bonds is 3. The number of aryl methyl sites for hydroxylation is 1. The second kappa shape index (κ2) is 8.99. The van der Waals surface area contributed by atoms with Gasteiger partial charge in [0.1, 0.15) is 16.5 Å². The Morgan fingerprint density at radius 2 is 1.52 bits per heavy atom. The van der Waals surface area contributed by atoms with E-state index < -0.39 is 5.56 Å². The van der Waals surface area contributed by atoms with Crippen LogP contribution in [-0.4, -0.2) is 19.1 Å². The van der Waals surface area contributed by atoms with Gasteiger partial charge in [0.15, 0.2) is 5.82 Å². The third-order valence-corrected chi connectivity index (χ3v) is 7.12. The van der Waals surface area contributed by atoms with Gasteiger partial charge in [0, 0.05) is 18.1 Å². The molecule has 2 aliphatic rings. The zero-order valence-electron chi connectivity index (χ0n) is 21.4. The molecule has 0 unspecified atom stereocenters. The van der Waals surface area contributed by atoms with Crippen molar-refractivity contribution in [2.75, 3.05) is 0 Å². The highest BCUT2D eigenvalue weighted by atomic mass is 16.3. The normalized spacial score (nSPS) is 11.4. The van der Waals surface area contributed by atoms with Gasteiger partial charge in [-0.25, -0.2) is 4.98 Å². The second-order valence-electron chi connectivity index (χ2n) is 9.55. The molecule has 0 saturated carbocycles. The summed E-state index contributed by atoms with van der Waals surface area (Å²) in [6.07, 6.45) is 1.54. The van der Waals surface area contributed by atoms with Gasteiger partial charge in [0.2, 0.25) is 5.55 Å². The number of nitrogens with one attached hydrogen (secondary N) is 2. The molecule has 2 N–H and O–H groups in total. The highest BCUT2D eigenvalue weighted by molar-refractivity contribution is 6.01. The maximum atomic E-state index is 13.5. The zero-order valence-corrected chi connectivity index (χ0v) is 21.4.